The zero-order valence-electron chi connectivity index (χ0n) is 12.7. The van der Waals surface area contributed by atoms with Crippen molar-refractivity contribution < 1.29 is 14.3 Å². The largest absolute Gasteiger partial charge is 0.463 e. The zero-order valence-corrected chi connectivity index (χ0v) is 12.7. The lowest BCUT2D eigenvalue weighted by Crippen LogP contribution is -2.32. The van der Waals surface area contributed by atoms with Crippen LogP contribution in [-0.2, 0) is 9.53 Å². The van der Waals surface area contributed by atoms with Crippen molar-refractivity contribution in [2.75, 3.05) is 19.7 Å². The fourth-order valence-corrected chi connectivity index (χ4v) is 1.85. The molecule has 1 aromatic rings. The molecule has 4 heteroatoms. The summed E-state index contributed by atoms with van der Waals surface area (Å²) < 4.78 is 4.82. The molecular formula is C17H23NO3. The third-order valence-electron chi connectivity index (χ3n) is 2.96. The number of unbranched alkanes of at least 4 members (excludes halogenated alkanes) is 1. The van der Waals surface area contributed by atoms with Gasteiger partial charge in [-0.05, 0) is 25.5 Å². The molecule has 0 heterocycles. The second-order valence-corrected chi connectivity index (χ2v) is 4.63. The summed E-state index contributed by atoms with van der Waals surface area (Å²) in [4.78, 5) is 25.4. The van der Waals surface area contributed by atoms with Crippen LogP contribution in [0.1, 0.15) is 37.0 Å². The molecule has 0 bridgehead atoms. The minimum absolute atomic E-state index is 0.0161. The molecule has 0 fully saturated rings. The number of benzene rings is 1. The fourth-order valence-electron chi connectivity index (χ4n) is 1.85. The van der Waals surface area contributed by atoms with Crippen LogP contribution in [0, 0.1) is 0 Å². The third kappa shape index (κ3) is 6.25. The number of nitrogens with zero attached hydrogens (tertiary/aromatic N) is 1. The Bertz CT molecular complexity index is 468. The van der Waals surface area contributed by atoms with Gasteiger partial charge in [0.05, 0.1) is 6.61 Å². The molecule has 21 heavy (non-hydrogen) atoms. The van der Waals surface area contributed by atoms with Crippen molar-refractivity contribution >= 4 is 11.9 Å². The van der Waals surface area contributed by atoms with Gasteiger partial charge in [0.2, 0.25) is 0 Å². The molecule has 0 spiro atoms. The highest BCUT2D eigenvalue weighted by Gasteiger charge is 2.13. The monoisotopic (exact) mass is 289 g/mol. The smallest absolute Gasteiger partial charge is 0.330 e. The Hall–Kier alpha value is -2.10. The highest BCUT2D eigenvalue weighted by atomic mass is 16.5. The summed E-state index contributed by atoms with van der Waals surface area (Å²) in [7, 11) is 0. The number of esters is 1. The van der Waals surface area contributed by atoms with Crippen molar-refractivity contribution in [3.63, 3.8) is 0 Å². The van der Waals surface area contributed by atoms with Crippen LogP contribution >= 0.6 is 0 Å². The number of ether oxygens (including phenoxy) is 1. The van der Waals surface area contributed by atoms with Gasteiger partial charge in [0, 0.05) is 24.7 Å². The van der Waals surface area contributed by atoms with Gasteiger partial charge in [0.1, 0.15) is 0 Å². The quantitative estimate of drug-likeness (QED) is 0.546. The van der Waals surface area contributed by atoms with Gasteiger partial charge >= 0.3 is 5.97 Å². The molecule has 1 amide bonds. The molecule has 0 unspecified atom stereocenters. The minimum atomic E-state index is -0.375. The Kier molecular flexibility index (Phi) is 7.87. The predicted molar refractivity (Wildman–Crippen MR) is 83.0 cm³/mol. The number of hydrogen-bond donors (Lipinski definition) is 0. The van der Waals surface area contributed by atoms with Crippen LogP contribution in [0.15, 0.2) is 42.5 Å². The molecule has 0 N–H and O–H groups in total. The van der Waals surface area contributed by atoms with Crippen molar-refractivity contribution in [2.45, 2.75) is 26.7 Å². The van der Waals surface area contributed by atoms with Crippen LogP contribution in [-0.4, -0.2) is 36.5 Å². The Labute approximate surface area is 126 Å². The number of carbonyl (C=O) groups is 2. The first-order valence-corrected chi connectivity index (χ1v) is 7.36. The van der Waals surface area contributed by atoms with Crippen LogP contribution in [0.25, 0.3) is 0 Å². The molecule has 0 aliphatic carbocycles. The molecule has 0 atom stereocenters. The van der Waals surface area contributed by atoms with E-state index < -0.39 is 0 Å². The normalized spacial score (nSPS) is 10.6. The van der Waals surface area contributed by atoms with E-state index in [0.717, 1.165) is 12.8 Å². The van der Waals surface area contributed by atoms with E-state index in [1.54, 1.807) is 30.0 Å². The third-order valence-corrected chi connectivity index (χ3v) is 2.96. The molecule has 0 aliphatic heterocycles. The van der Waals surface area contributed by atoms with Gasteiger partial charge < -0.3 is 9.64 Å². The zero-order chi connectivity index (χ0) is 15.5. The van der Waals surface area contributed by atoms with Gasteiger partial charge in [-0.2, -0.15) is 0 Å². The maximum absolute atomic E-state index is 12.4. The first kappa shape index (κ1) is 17.0. The van der Waals surface area contributed by atoms with Crippen LogP contribution in [0.5, 0.6) is 0 Å². The maximum Gasteiger partial charge on any atom is 0.330 e. The predicted octanol–water partition coefficient (Wildman–Crippen LogP) is 3.05. The Morgan fingerprint density at radius 2 is 1.90 bits per heavy atom. The highest BCUT2D eigenvalue weighted by molar-refractivity contribution is 5.94. The Morgan fingerprint density at radius 3 is 2.52 bits per heavy atom. The van der Waals surface area contributed by atoms with Gasteiger partial charge in [0.15, 0.2) is 0 Å². The Morgan fingerprint density at radius 1 is 1.19 bits per heavy atom. The van der Waals surface area contributed by atoms with E-state index in [2.05, 4.69) is 6.92 Å². The lowest BCUT2D eigenvalue weighted by molar-refractivity contribution is -0.137. The maximum atomic E-state index is 12.4. The summed E-state index contributed by atoms with van der Waals surface area (Å²) >= 11 is 0. The van der Waals surface area contributed by atoms with Crippen molar-refractivity contribution in [3.8, 4) is 0 Å². The summed E-state index contributed by atoms with van der Waals surface area (Å²) in [6.45, 7) is 5.29. The van der Waals surface area contributed by atoms with Crippen LogP contribution in [0.4, 0.5) is 0 Å². The van der Waals surface area contributed by atoms with E-state index in [-0.39, 0.29) is 11.9 Å². The van der Waals surface area contributed by atoms with Gasteiger partial charge in [0.25, 0.3) is 5.91 Å². The second kappa shape index (κ2) is 9.75. The van der Waals surface area contributed by atoms with Gasteiger partial charge in [-0.3, -0.25) is 4.79 Å². The molecule has 0 aliphatic rings. The number of rotatable bonds is 8. The minimum Gasteiger partial charge on any atom is -0.463 e. The first-order chi connectivity index (χ1) is 10.2. The number of amides is 1. The van der Waals surface area contributed by atoms with E-state index in [1.807, 2.05) is 18.2 Å². The van der Waals surface area contributed by atoms with Gasteiger partial charge in [-0.25, -0.2) is 4.79 Å². The summed E-state index contributed by atoms with van der Waals surface area (Å²) in [5.41, 5.74) is 0.665. The lowest BCUT2D eigenvalue weighted by atomic mass is 10.2. The average Bonchev–Trinajstić information content (AvgIpc) is 2.51. The highest BCUT2D eigenvalue weighted by Crippen LogP contribution is 2.06. The molecule has 0 saturated heterocycles. The summed E-state index contributed by atoms with van der Waals surface area (Å²) in [6.07, 6.45) is 5.00. The van der Waals surface area contributed by atoms with Gasteiger partial charge in [-0.15, -0.1) is 0 Å². The molecule has 0 aromatic heterocycles. The van der Waals surface area contributed by atoms with E-state index in [0.29, 0.717) is 25.3 Å². The van der Waals surface area contributed by atoms with E-state index >= 15 is 0 Å². The second-order valence-electron chi connectivity index (χ2n) is 4.63. The standard InChI is InChI=1S/C17H23NO3/c1-3-5-13-18(14-9-12-16(19)21-4-2)17(20)15-10-7-6-8-11-15/h6-12H,3-5,13-14H2,1-2H3/b12-9+. The van der Waals surface area contributed by atoms with E-state index in [4.69, 9.17) is 4.74 Å². The molecule has 1 aromatic carbocycles. The molecule has 0 saturated carbocycles. The van der Waals surface area contributed by atoms with Crippen molar-refractivity contribution in [3.05, 3.63) is 48.0 Å². The average molecular weight is 289 g/mol. The van der Waals surface area contributed by atoms with Crippen LogP contribution in [0.2, 0.25) is 0 Å². The lowest BCUT2D eigenvalue weighted by Gasteiger charge is -2.21. The topological polar surface area (TPSA) is 46.6 Å². The van der Waals surface area contributed by atoms with Crippen molar-refractivity contribution in [2.24, 2.45) is 0 Å². The first-order valence-electron chi connectivity index (χ1n) is 7.36. The summed E-state index contributed by atoms with van der Waals surface area (Å²) in [5.74, 6) is -0.391. The summed E-state index contributed by atoms with van der Waals surface area (Å²) in [6, 6.07) is 9.18. The van der Waals surface area contributed by atoms with Crippen LogP contribution < -0.4 is 0 Å². The van der Waals surface area contributed by atoms with E-state index in [1.165, 1.54) is 6.08 Å². The van der Waals surface area contributed by atoms with Crippen molar-refractivity contribution in [1.82, 2.24) is 4.90 Å². The molecular weight excluding hydrogens is 266 g/mol. The van der Waals surface area contributed by atoms with Gasteiger partial charge in [-0.1, -0.05) is 37.6 Å². The van der Waals surface area contributed by atoms with E-state index in [9.17, 15) is 9.59 Å². The molecule has 114 valence electrons. The Balaban J connectivity index is 2.67. The number of hydrogen-bond acceptors (Lipinski definition) is 3. The molecule has 1 rings (SSSR count). The number of carbonyl (C=O) groups excluding carboxylic acids is 2. The fraction of sp³-hybridized carbons (Fsp3) is 0.412. The van der Waals surface area contributed by atoms with Crippen LogP contribution in [0.3, 0.4) is 0 Å². The molecule has 0 radical (unpaired) electrons. The SMILES string of the molecule is CCCCN(C/C=C/C(=O)OCC)C(=O)c1ccccc1. The van der Waals surface area contributed by atoms with Crippen molar-refractivity contribution in [1.29, 1.82) is 0 Å². The summed E-state index contributed by atoms with van der Waals surface area (Å²) in [5, 5.41) is 0. The molecule has 4 nitrogen and oxygen atoms in total.